The van der Waals surface area contributed by atoms with Gasteiger partial charge in [0.25, 0.3) is 0 Å². The fourth-order valence-corrected chi connectivity index (χ4v) is 2.17. The Morgan fingerprint density at radius 2 is 1.58 bits per heavy atom. The number of hydrogen-bond acceptors (Lipinski definition) is 1. The molecular weight excluding hydrogens is 256 g/mol. The minimum absolute atomic E-state index is 0.703. The summed E-state index contributed by atoms with van der Waals surface area (Å²) >= 11 is 5.67. The summed E-state index contributed by atoms with van der Waals surface area (Å²) in [7, 11) is 0. The molecule has 2 heteroatoms. The van der Waals surface area contributed by atoms with Crippen LogP contribution in [0.4, 0.5) is 0 Å². The van der Waals surface area contributed by atoms with Crippen LogP contribution < -0.4 is 4.74 Å². The highest BCUT2D eigenvalue weighted by molar-refractivity contribution is 6.17. The minimum atomic E-state index is 0.703. The lowest BCUT2D eigenvalue weighted by atomic mass is 10.0. The van der Waals surface area contributed by atoms with Crippen molar-refractivity contribution in [2.24, 2.45) is 0 Å². The van der Waals surface area contributed by atoms with Crippen molar-refractivity contribution < 1.29 is 4.74 Å². The van der Waals surface area contributed by atoms with Crippen LogP contribution in [0, 0.1) is 0 Å². The predicted molar refractivity (Wildman–Crippen MR) is 81.1 cm³/mol. The molecule has 0 atom stereocenters. The van der Waals surface area contributed by atoms with Gasteiger partial charge in [-0.25, -0.2) is 0 Å². The summed E-state index contributed by atoms with van der Waals surface area (Å²) in [6.07, 6.45) is 2.91. The molecule has 0 saturated heterocycles. The van der Waals surface area contributed by atoms with Crippen molar-refractivity contribution in [1.82, 2.24) is 0 Å². The van der Waals surface area contributed by atoms with E-state index in [-0.39, 0.29) is 0 Å². The van der Waals surface area contributed by atoms with Gasteiger partial charge in [0, 0.05) is 12.3 Å². The third kappa shape index (κ3) is 4.60. The number of para-hydroxylation sites is 1. The van der Waals surface area contributed by atoms with Gasteiger partial charge in [0.2, 0.25) is 0 Å². The lowest BCUT2D eigenvalue weighted by Gasteiger charge is -2.11. The largest absolute Gasteiger partial charge is 0.493 e. The number of ether oxygens (including phenoxy) is 1. The Kier molecular flexibility index (Phi) is 5.77. The average molecular weight is 275 g/mol. The molecule has 0 aromatic heterocycles. The number of unbranched alkanes of at least 4 members (excludes halogenated alkanes) is 1. The number of rotatable bonds is 7. The molecule has 2 rings (SSSR count). The van der Waals surface area contributed by atoms with Crippen LogP contribution in [0.25, 0.3) is 0 Å². The zero-order chi connectivity index (χ0) is 13.3. The number of halogens is 1. The van der Waals surface area contributed by atoms with E-state index in [1.165, 1.54) is 11.1 Å². The van der Waals surface area contributed by atoms with E-state index in [1.807, 2.05) is 18.2 Å². The average Bonchev–Trinajstić information content (AvgIpc) is 2.46. The number of benzene rings is 2. The second-order valence-electron chi connectivity index (χ2n) is 4.51. The normalized spacial score (nSPS) is 10.4. The van der Waals surface area contributed by atoms with E-state index in [9.17, 15) is 0 Å². The zero-order valence-electron chi connectivity index (χ0n) is 11.0. The first-order valence-corrected chi connectivity index (χ1v) is 7.24. The van der Waals surface area contributed by atoms with E-state index in [0.29, 0.717) is 5.88 Å². The van der Waals surface area contributed by atoms with Gasteiger partial charge in [0.15, 0.2) is 0 Å². The van der Waals surface area contributed by atoms with E-state index < -0.39 is 0 Å². The molecule has 0 spiro atoms. The smallest absolute Gasteiger partial charge is 0.122 e. The van der Waals surface area contributed by atoms with Gasteiger partial charge in [-0.2, -0.15) is 0 Å². The van der Waals surface area contributed by atoms with Gasteiger partial charge in [-0.05, 0) is 30.0 Å². The zero-order valence-corrected chi connectivity index (χ0v) is 11.8. The van der Waals surface area contributed by atoms with Gasteiger partial charge < -0.3 is 4.74 Å². The minimum Gasteiger partial charge on any atom is -0.493 e. The van der Waals surface area contributed by atoms with Crippen LogP contribution in [0.15, 0.2) is 54.6 Å². The Morgan fingerprint density at radius 3 is 2.37 bits per heavy atom. The molecule has 0 aliphatic heterocycles. The van der Waals surface area contributed by atoms with Gasteiger partial charge in [-0.1, -0.05) is 48.5 Å². The second-order valence-corrected chi connectivity index (χ2v) is 4.89. The van der Waals surface area contributed by atoms with Gasteiger partial charge in [0.1, 0.15) is 5.75 Å². The van der Waals surface area contributed by atoms with Gasteiger partial charge in [0.05, 0.1) is 6.61 Å². The Morgan fingerprint density at radius 1 is 0.842 bits per heavy atom. The summed E-state index contributed by atoms with van der Waals surface area (Å²) in [5.74, 6) is 1.69. The Balaban J connectivity index is 2.00. The van der Waals surface area contributed by atoms with E-state index in [4.69, 9.17) is 16.3 Å². The molecule has 0 fully saturated rings. The molecule has 19 heavy (non-hydrogen) atoms. The number of hydrogen-bond donors (Lipinski definition) is 0. The molecule has 0 heterocycles. The molecule has 0 aliphatic rings. The van der Waals surface area contributed by atoms with Gasteiger partial charge in [-0.3, -0.25) is 0 Å². The maximum absolute atomic E-state index is 5.85. The van der Waals surface area contributed by atoms with Crippen molar-refractivity contribution in [3.8, 4) is 5.75 Å². The molecular formula is C17H19ClO. The fourth-order valence-electron chi connectivity index (χ4n) is 1.99. The van der Waals surface area contributed by atoms with Crippen molar-refractivity contribution in [2.45, 2.75) is 19.3 Å². The fraction of sp³-hybridized carbons (Fsp3) is 0.294. The molecule has 1 nitrogen and oxygen atoms in total. The standard InChI is InChI=1S/C17H19ClO/c18-12-6-7-13-19-17-11-5-4-10-16(17)14-15-8-2-1-3-9-15/h1-5,8-11H,6-7,12-14H2. The lowest BCUT2D eigenvalue weighted by Crippen LogP contribution is -2.01. The SMILES string of the molecule is ClCCCCOc1ccccc1Cc1ccccc1. The Labute approximate surface area is 120 Å². The third-order valence-electron chi connectivity index (χ3n) is 3.00. The monoisotopic (exact) mass is 274 g/mol. The lowest BCUT2D eigenvalue weighted by molar-refractivity contribution is 0.307. The van der Waals surface area contributed by atoms with Crippen molar-refractivity contribution >= 4 is 11.6 Å². The Hall–Kier alpha value is -1.47. The molecule has 0 bridgehead atoms. The molecule has 100 valence electrons. The summed E-state index contributed by atoms with van der Waals surface area (Å²) in [5, 5.41) is 0. The summed E-state index contributed by atoms with van der Waals surface area (Å²) in [6, 6.07) is 18.7. The summed E-state index contributed by atoms with van der Waals surface area (Å²) in [4.78, 5) is 0. The molecule has 0 N–H and O–H groups in total. The highest BCUT2D eigenvalue weighted by Crippen LogP contribution is 2.21. The van der Waals surface area contributed by atoms with Crippen molar-refractivity contribution in [1.29, 1.82) is 0 Å². The third-order valence-corrected chi connectivity index (χ3v) is 3.26. The van der Waals surface area contributed by atoms with E-state index >= 15 is 0 Å². The van der Waals surface area contributed by atoms with Crippen molar-refractivity contribution in [3.05, 3.63) is 65.7 Å². The van der Waals surface area contributed by atoms with Crippen LogP contribution in [-0.4, -0.2) is 12.5 Å². The maximum Gasteiger partial charge on any atom is 0.122 e. The highest BCUT2D eigenvalue weighted by Gasteiger charge is 2.03. The predicted octanol–water partition coefficient (Wildman–Crippen LogP) is 4.68. The van der Waals surface area contributed by atoms with Crippen LogP contribution in [0.2, 0.25) is 0 Å². The van der Waals surface area contributed by atoms with Crippen LogP contribution in [0.5, 0.6) is 5.75 Å². The topological polar surface area (TPSA) is 9.23 Å². The molecule has 0 amide bonds. The van der Waals surface area contributed by atoms with Crippen LogP contribution in [0.3, 0.4) is 0 Å². The molecule has 0 unspecified atom stereocenters. The molecule has 0 radical (unpaired) electrons. The van der Waals surface area contributed by atoms with Gasteiger partial charge >= 0.3 is 0 Å². The van der Waals surface area contributed by atoms with E-state index in [1.54, 1.807) is 0 Å². The first-order valence-electron chi connectivity index (χ1n) is 6.71. The van der Waals surface area contributed by atoms with Crippen LogP contribution in [0.1, 0.15) is 24.0 Å². The second kappa shape index (κ2) is 7.85. The summed E-state index contributed by atoms with van der Waals surface area (Å²) in [6.45, 7) is 0.735. The van der Waals surface area contributed by atoms with Crippen molar-refractivity contribution in [2.75, 3.05) is 12.5 Å². The van der Waals surface area contributed by atoms with Gasteiger partial charge in [-0.15, -0.1) is 11.6 Å². The molecule has 0 saturated carbocycles. The first kappa shape index (κ1) is 14.0. The van der Waals surface area contributed by atoms with E-state index in [0.717, 1.165) is 31.6 Å². The summed E-state index contributed by atoms with van der Waals surface area (Å²) in [5.41, 5.74) is 2.54. The first-order chi connectivity index (χ1) is 9.40. The molecule has 2 aromatic rings. The number of alkyl halides is 1. The van der Waals surface area contributed by atoms with Crippen LogP contribution >= 0.6 is 11.6 Å². The highest BCUT2D eigenvalue weighted by atomic mass is 35.5. The Bertz CT molecular complexity index is 482. The van der Waals surface area contributed by atoms with E-state index in [2.05, 4.69) is 36.4 Å². The summed E-state index contributed by atoms with van der Waals surface area (Å²) < 4.78 is 5.85. The molecule has 0 aliphatic carbocycles. The maximum atomic E-state index is 5.85. The van der Waals surface area contributed by atoms with Crippen molar-refractivity contribution in [3.63, 3.8) is 0 Å². The molecule has 2 aromatic carbocycles. The quantitative estimate of drug-likeness (QED) is 0.526. The van der Waals surface area contributed by atoms with Crippen LogP contribution in [-0.2, 0) is 6.42 Å².